The minimum absolute atomic E-state index is 0.0488. The number of esters is 1. The summed E-state index contributed by atoms with van der Waals surface area (Å²) in [5, 5.41) is 9.13. The second kappa shape index (κ2) is 25.4. The number of carbonyl (C=O) groups excluding carboxylic acids is 1. The molecule has 0 atom stereocenters. The Morgan fingerprint density at radius 1 is 0.553 bits per heavy atom. The summed E-state index contributed by atoms with van der Waals surface area (Å²) in [6.45, 7) is 4.33. The van der Waals surface area contributed by atoms with Gasteiger partial charge in [-0.1, -0.05) is 128 Å². The first kappa shape index (κ1) is 34.1. The molecule has 0 amide bonds. The zero-order valence-corrected chi connectivity index (χ0v) is 24.1. The molecule has 0 spiro atoms. The van der Waals surface area contributed by atoms with Crippen LogP contribution in [0, 0.1) is 0 Å². The Morgan fingerprint density at radius 3 is 1.42 bits per heavy atom. The van der Waals surface area contributed by atoms with Crippen LogP contribution in [0.25, 0.3) is 0 Å². The molecular weight excluding hydrogens is 480 g/mol. The molecule has 6 nitrogen and oxygen atoms in total. The number of ether oxygens (including phenoxy) is 3. The molecule has 0 fully saturated rings. The lowest BCUT2D eigenvalue weighted by Crippen LogP contribution is -2.15. The van der Waals surface area contributed by atoms with Crippen molar-refractivity contribution in [1.82, 2.24) is 0 Å². The van der Waals surface area contributed by atoms with E-state index < -0.39 is 11.9 Å². The van der Waals surface area contributed by atoms with Crippen molar-refractivity contribution in [3.8, 4) is 0 Å². The summed E-state index contributed by atoms with van der Waals surface area (Å²) in [7, 11) is 0. The third-order valence-corrected chi connectivity index (χ3v) is 6.85. The van der Waals surface area contributed by atoms with Crippen molar-refractivity contribution in [2.45, 2.75) is 122 Å². The van der Waals surface area contributed by atoms with Crippen LogP contribution in [-0.4, -0.2) is 50.1 Å². The Labute approximate surface area is 231 Å². The highest BCUT2D eigenvalue weighted by Crippen LogP contribution is 2.14. The lowest BCUT2D eigenvalue weighted by atomic mass is 10.0. The Kier molecular flexibility index (Phi) is 22.8. The number of rotatable bonds is 27. The summed E-state index contributed by atoms with van der Waals surface area (Å²) in [4.78, 5) is 23.2. The van der Waals surface area contributed by atoms with Gasteiger partial charge >= 0.3 is 11.9 Å². The summed E-state index contributed by atoms with van der Waals surface area (Å²) in [6, 6.07) is 6.01. The van der Waals surface area contributed by atoms with E-state index in [0.717, 1.165) is 13.0 Å². The second-order valence-corrected chi connectivity index (χ2v) is 10.2. The van der Waals surface area contributed by atoms with Crippen LogP contribution in [0.3, 0.4) is 0 Å². The molecule has 0 heterocycles. The van der Waals surface area contributed by atoms with E-state index in [2.05, 4.69) is 6.92 Å². The van der Waals surface area contributed by atoms with E-state index in [-0.39, 0.29) is 24.3 Å². The molecule has 1 aromatic rings. The van der Waals surface area contributed by atoms with E-state index in [1.54, 1.807) is 12.1 Å². The fraction of sp³-hybridized carbons (Fsp3) is 0.750. The third kappa shape index (κ3) is 19.2. The van der Waals surface area contributed by atoms with Gasteiger partial charge in [-0.15, -0.1) is 0 Å². The van der Waals surface area contributed by atoms with E-state index in [1.807, 2.05) is 0 Å². The number of unbranched alkanes of at least 4 members (excludes halogenated alkanes) is 17. The van der Waals surface area contributed by atoms with Crippen LogP contribution in [0.5, 0.6) is 0 Å². The predicted molar refractivity (Wildman–Crippen MR) is 154 cm³/mol. The highest BCUT2D eigenvalue weighted by atomic mass is 16.6. The summed E-state index contributed by atoms with van der Waals surface area (Å²) in [6.07, 6.45) is 24.7. The van der Waals surface area contributed by atoms with Gasteiger partial charge in [0, 0.05) is 6.61 Å². The predicted octanol–water partition coefficient (Wildman–Crippen LogP) is 8.62. The Morgan fingerprint density at radius 2 is 0.947 bits per heavy atom. The van der Waals surface area contributed by atoms with Crippen LogP contribution in [0.2, 0.25) is 0 Å². The van der Waals surface area contributed by atoms with Gasteiger partial charge in [0.1, 0.15) is 6.61 Å². The first-order chi connectivity index (χ1) is 18.7. The van der Waals surface area contributed by atoms with Gasteiger partial charge < -0.3 is 19.3 Å². The molecule has 38 heavy (non-hydrogen) atoms. The summed E-state index contributed by atoms with van der Waals surface area (Å²) in [5.74, 6) is -1.81. The SMILES string of the molecule is CCCCCCCCCCCCCCCCCCCCOCCOCCOC(=O)c1ccccc1C(=O)O. The quantitative estimate of drug-likeness (QED) is 0.0898. The largest absolute Gasteiger partial charge is 0.478 e. The van der Waals surface area contributed by atoms with Crippen LogP contribution in [0.1, 0.15) is 143 Å². The molecule has 0 saturated carbocycles. The number of carboxylic acid groups (broad SMARTS) is 1. The van der Waals surface area contributed by atoms with Gasteiger partial charge in [-0.3, -0.25) is 0 Å². The van der Waals surface area contributed by atoms with Gasteiger partial charge in [-0.25, -0.2) is 9.59 Å². The minimum atomic E-state index is -1.15. The maximum Gasteiger partial charge on any atom is 0.339 e. The monoisotopic (exact) mass is 534 g/mol. The zero-order valence-electron chi connectivity index (χ0n) is 24.1. The Hall–Kier alpha value is -1.92. The smallest absolute Gasteiger partial charge is 0.339 e. The van der Waals surface area contributed by atoms with Gasteiger partial charge in [-0.05, 0) is 18.6 Å². The number of aromatic carboxylic acids is 1. The van der Waals surface area contributed by atoms with Crippen molar-refractivity contribution in [2.75, 3.05) is 33.0 Å². The molecular formula is C32H54O6. The van der Waals surface area contributed by atoms with E-state index in [1.165, 1.54) is 121 Å². The normalized spacial score (nSPS) is 11.1. The number of carboxylic acids is 1. The lowest BCUT2D eigenvalue weighted by molar-refractivity contribution is 0.0140. The van der Waals surface area contributed by atoms with Crippen LogP contribution in [-0.2, 0) is 14.2 Å². The van der Waals surface area contributed by atoms with Crippen LogP contribution in [0.15, 0.2) is 24.3 Å². The molecule has 0 aliphatic heterocycles. The first-order valence-electron chi connectivity index (χ1n) is 15.3. The average Bonchev–Trinajstić information content (AvgIpc) is 2.92. The summed E-state index contributed by atoms with van der Waals surface area (Å²) >= 11 is 0. The molecule has 0 aromatic heterocycles. The molecule has 1 rings (SSSR count). The topological polar surface area (TPSA) is 82.1 Å². The van der Waals surface area contributed by atoms with Crippen molar-refractivity contribution >= 4 is 11.9 Å². The summed E-state index contributed by atoms with van der Waals surface area (Å²) < 4.78 is 16.1. The van der Waals surface area contributed by atoms with Crippen LogP contribution in [0.4, 0.5) is 0 Å². The van der Waals surface area contributed by atoms with Gasteiger partial charge in [0.05, 0.1) is 30.9 Å². The molecule has 1 N–H and O–H groups in total. The second-order valence-electron chi connectivity index (χ2n) is 10.2. The molecule has 0 aliphatic rings. The third-order valence-electron chi connectivity index (χ3n) is 6.85. The lowest BCUT2D eigenvalue weighted by Gasteiger charge is -2.08. The van der Waals surface area contributed by atoms with Crippen LogP contribution >= 0.6 is 0 Å². The molecule has 0 bridgehead atoms. The fourth-order valence-corrected chi connectivity index (χ4v) is 4.55. The molecule has 218 valence electrons. The van der Waals surface area contributed by atoms with Gasteiger partial charge in [0.25, 0.3) is 0 Å². The number of carbonyl (C=O) groups is 2. The molecule has 6 heteroatoms. The summed E-state index contributed by atoms with van der Waals surface area (Å²) in [5.41, 5.74) is -0.0147. The van der Waals surface area contributed by atoms with Gasteiger partial charge in [0.2, 0.25) is 0 Å². The molecule has 0 aliphatic carbocycles. The van der Waals surface area contributed by atoms with E-state index in [9.17, 15) is 9.59 Å². The van der Waals surface area contributed by atoms with Gasteiger partial charge in [-0.2, -0.15) is 0 Å². The minimum Gasteiger partial charge on any atom is -0.478 e. The molecule has 0 unspecified atom stereocenters. The Balaban J connectivity index is 1.76. The number of hydrogen-bond acceptors (Lipinski definition) is 5. The maximum atomic E-state index is 12.0. The first-order valence-corrected chi connectivity index (χ1v) is 15.3. The van der Waals surface area contributed by atoms with E-state index >= 15 is 0 Å². The van der Waals surface area contributed by atoms with Gasteiger partial charge in [0.15, 0.2) is 0 Å². The average molecular weight is 535 g/mol. The maximum absolute atomic E-state index is 12.0. The van der Waals surface area contributed by atoms with Crippen molar-refractivity contribution in [1.29, 1.82) is 0 Å². The molecule has 0 radical (unpaired) electrons. The highest BCUT2D eigenvalue weighted by molar-refractivity contribution is 6.02. The Bertz CT molecular complexity index is 705. The number of benzene rings is 1. The van der Waals surface area contributed by atoms with Crippen molar-refractivity contribution in [2.24, 2.45) is 0 Å². The zero-order chi connectivity index (χ0) is 27.5. The van der Waals surface area contributed by atoms with Crippen molar-refractivity contribution < 1.29 is 28.9 Å². The van der Waals surface area contributed by atoms with E-state index in [0.29, 0.717) is 13.2 Å². The standard InChI is InChI=1S/C32H54O6/c1-2-3-4-5-6-7-8-9-10-11-12-13-14-15-16-17-18-21-24-36-25-26-37-27-28-38-32(35)30-23-20-19-22-29(30)31(33)34/h19-20,22-23H,2-18,21,24-28H2,1H3,(H,33,34). The van der Waals surface area contributed by atoms with Crippen molar-refractivity contribution in [3.63, 3.8) is 0 Å². The molecule has 0 saturated heterocycles. The van der Waals surface area contributed by atoms with E-state index in [4.69, 9.17) is 19.3 Å². The fourth-order valence-electron chi connectivity index (χ4n) is 4.55. The highest BCUT2D eigenvalue weighted by Gasteiger charge is 2.16. The number of hydrogen-bond donors (Lipinski definition) is 1. The van der Waals surface area contributed by atoms with Crippen LogP contribution < -0.4 is 0 Å². The molecule has 1 aromatic carbocycles. The van der Waals surface area contributed by atoms with Crippen molar-refractivity contribution in [3.05, 3.63) is 35.4 Å².